The second-order valence-electron chi connectivity index (χ2n) is 4.25. The lowest BCUT2D eigenvalue weighted by Crippen LogP contribution is -2.34. The molecule has 0 radical (unpaired) electrons. The second kappa shape index (κ2) is 6.44. The van der Waals surface area contributed by atoms with Crippen LogP contribution in [0.3, 0.4) is 0 Å². The third-order valence-electron chi connectivity index (χ3n) is 2.88. The number of halogens is 2. The van der Waals surface area contributed by atoms with Gasteiger partial charge in [0.25, 0.3) is 0 Å². The van der Waals surface area contributed by atoms with Gasteiger partial charge in [-0.1, -0.05) is 6.92 Å². The lowest BCUT2D eigenvalue weighted by atomic mass is 10.1. The van der Waals surface area contributed by atoms with E-state index >= 15 is 0 Å². The van der Waals surface area contributed by atoms with Crippen LogP contribution in [0.25, 0.3) is 0 Å². The van der Waals surface area contributed by atoms with Crippen molar-refractivity contribution in [3.05, 3.63) is 35.4 Å². The lowest BCUT2D eigenvalue weighted by molar-refractivity contribution is -0.138. The summed E-state index contributed by atoms with van der Waals surface area (Å²) in [5.74, 6) is -1.87. The fourth-order valence-electron chi connectivity index (χ4n) is 1.84. The zero-order valence-corrected chi connectivity index (χ0v) is 10.5. The zero-order chi connectivity index (χ0) is 13.7. The molecule has 3 nitrogen and oxygen atoms in total. The second-order valence-corrected chi connectivity index (χ2v) is 4.25. The van der Waals surface area contributed by atoms with E-state index in [1.807, 2.05) is 6.92 Å². The molecule has 0 heterocycles. The Labute approximate surface area is 105 Å². The largest absolute Gasteiger partial charge is 0.481 e. The number of aliphatic carboxylic acids is 1. The molecule has 0 bridgehead atoms. The summed E-state index contributed by atoms with van der Waals surface area (Å²) in [6.07, 6.45) is -0.0230. The highest BCUT2D eigenvalue weighted by atomic mass is 19.1. The summed E-state index contributed by atoms with van der Waals surface area (Å²) in [5.41, 5.74) is 0.245. The van der Waals surface area contributed by atoms with Crippen LogP contribution in [0.5, 0.6) is 0 Å². The van der Waals surface area contributed by atoms with Crippen molar-refractivity contribution in [1.82, 2.24) is 4.90 Å². The van der Waals surface area contributed by atoms with Crippen molar-refractivity contribution in [1.29, 1.82) is 0 Å². The number of nitrogens with zero attached hydrogens (tertiary/aromatic N) is 1. The van der Waals surface area contributed by atoms with Crippen LogP contribution in [0.1, 0.15) is 25.8 Å². The van der Waals surface area contributed by atoms with Gasteiger partial charge in [0, 0.05) is 18.2 Å². The van der Waals surface area contributed by atoms with Gasteiger partial charge in [-0.25, -0.2) is 8.78 Å². The Balaban J connectivity index is 2.79. The van der Waals surface area contributed by atoms with Gasteiger partial charge < -0.3 is 5.11 Å². The van der Waals surface area contributed by atoms with Gasteiger partial charge in [0.2, 0.25) is 0 Å². The Morgan fingerprint density at radius 3 is 2.67 bits per heavy atom. The van der Waals surface area contributed by atoms with Crippen LogP contribution in [0.15, 0.2) is 18.2 Å². The lowest BCUT2D eigenvalue weighted by Gasteiger charge is -2.26. The molecule has 1 aromatic rings. The van der Waals surface area contributed by atoms with Crippen molar-refractivity contribution in [2.75, 3.05) is 6.54 Å². The van der Waals surface area contributed by atoms with E-state index in [0.29, 0.717) is 6.54 Å². The maximum atomic E-state index is 13.5. The van der Waals surface area contributed by atoms with Gasteiger partial charge in [-0.3, -0.25) is 9.69 Å². The monoisotopic (exact) mass is 257 g/mol. The summed E-state index contributed by atoms with van der Waals surface area (Å²) in [7, 11) is 0. The maximum Gasteiger partial charge on any atom is 0.304 e. The Morgan fingerprint density at radius 1 is 1.44 bits per heavy atom. The van der Waals surface area contributed by atoms with Gasteiger partial charge in [-0.15, -0.1) is 0 Å². The zero-order valence-electron chi connectivity index (χ0n) is 10.5. The van der Waals surface area contributed by atoms with E-state index in [1.165, 1.54) is 0 Å². The minimum absolute atomic E-state index is 0.0230. The highest BCUT2D eigenvalue weighted by molar-refractivity contribution is 5.67. The number of carbonyl (C=O) groups is 1. The standard InChI is InChI=1S/C13H17F2NO2/c1-3-16(9(2)6-13(17)18)8-10-7-11(14)4-5-12(10)15/h4-5,7,9H,3,6,8H2,1-2H3,(H,17,18). The van der Waals surface area contributed by atoms with Crippen LogP contribution in [0.2, 0.25) is 0 Å². The van der Waals surface area contributed by atoms with Gasteiger partial charge in [0.1, 0.15) is 11.6 Å². The average molecular weight is 257 g/mol. The molecule has 0 aliphatic heterocycles. The number of carboxylic acids is 1. The van der Waals surface area contributed by atoms with E-state index < -0.39 is 17.6 Å². The molecule has 100 valence electrons. The molecule has 1 atom stereocenters. The van der Waals surface area contributed by atoms with Gasteiger partial charge >= 0.3 is 5.97 Å². The van der Waals surface area contributed by atoms with E-state index in [9.17, 15) is 13.6 Å². The Bertz CT molecular complexity index is 423. The van der Waals surface area contributed by atoms with Crippen molar-refractivity contribution in [3.8, 4) is 0 Å². The SMILES string of the molecule is CCN(Cc1cc(F)ccc1F)C(C)CC(=O)O. The minimum atomic E-state index is -0.902. The molecule has 1 unspecified atom stereocenters. The molecule has 5 heteroatoms. The Kier molecular flexibility index (Phi) is 5.22. The number of hydrogen-bond donors (Lipinski definition) is 1. The van der Waals surface area contributed by atoms with Crippen molar-refractivity contribution in [3.63, 3.8) is 0 Å². The number of rotatable bonds is 6. The molecule has 0 fully saturated rings. The number of carboxylic acid groups (broad SMARTS) is 1. The number of hydrogen-bond acceptors (Lipinski definition) is 2. The van der Waals surface area contributed by atoms with Gasteiger partial charge in [0.15, 0.2) is 0 Å². The molecule has 18 heavy (non-hydrogen) atoms. The molecule has 0 aliphatic carbocycles. The molecular formula is C13H17F2NO2. The molecule has 0 saturated heterocycles. The minimum Gasteiger partial charge on any atom is -0.481 e. The van der Waals surface area contributed by atoms with Crippen molar-refractivity contribution in [2.24, 2.45) is 0 Å². The summed E-state index contributed by atoms with van der Waals surface area (Å²) in [4.78, 5) is 12.4. The normalized spacial score (nSPS) is 12.7. The predicted octanol–water partition coefficient (Wildman–Crippen LogP) is 2.65. The van der Waals surface area contributed by atoms with E-state index in [0.717, 1.165) is 18.2 Å². The summed E-state index contributed by atoms with van der Waals surface area (Å²) >= 11 is 0. The molecule has 1 aromatic carbocycles. The maximum absolute atomic E-state index is 13.5. The fourth-order valence-corrected chi connectivity index (χ4v) is 1.84. The third kappa shape index (κ3) is 4.07. The van der Waals surface area contributed by atoms with E-state index in [1.54, 1.807) is 11.8 Å². The predicted molar refractivity (Wildman–Crippen MR) is 64.2 cm³/mol. The first-order valence-corrected chi connectivity index (χ1v) is 5.83. The Morgan fingerprint density at radius 2 is 2.11 bits per heavy atom. The van der Waals surface area contributed by atoms with Crippen molar-refractivity contribution < 1.29 is 18.7 Å². The highest BCUT2D eigenvalue weighted by Gasteiger charge is 2.17. The van der Waals surface area contributed by atoms with Gasteiger partial charge in [0.05, 0.1) is 6.42 Å². The molecule has 0 spiro atoms. The van der Waals surface area contributed by atoms with Gasteiger partial charge in [-0.05, 0) is 31.7 Å². The average Bonchev–Trinajstić information content (AvgIpc) is 2.29. The molecule has 0 saturated carbocycles. The molecule has 0 aromatic heterocycles. The quantitative estimate of drug-likeness (QED) is 0.851. The van der Waals surface area contributed by atoms with Crippen LogP contribution in [0, 0.1) is 11.6 Å². The molecule has 0 amide bonds. The summed E-state index contributed by atoms with van der Waals surface area (Å²) in [6, 6.07) is 3.07. The Hall–Kier alpha value is -1.49. The van der Waals surface area contributed by atoms with Crippen LogP contribution >= 0.6 is 0 Å². The summed E-state index contributed by atoms with van der Waals surface area (Å²) in [5, 5.41) is 8.73. The molecule has 0 aliphatic rings. The van der Waals surface area contributed by atoms with E-state index in [-0.39, 0.29) is 24.6 Å². The van der Waals surface area contributed by atoms with Crippen LogP contribution in [-0.2, 0) is 11.3 Å². The molecule has 1 N–H and O–H groups in total. The van der Waals surface area contributed by atoms with Crippen LogP contribution in [-0.4, -0.2) is 28.6 Å². The third-order valence-corrected chi connectivity index (χ3v) is 2.88. The van der Waals surface area contributed by atoms with Crippen LogP contribution < -0.4 is 0 Å². The molecule has 1 rings (SSSR count). The fraction of sp³-hybridized carbons (Fsp3) is 0.462. The van der Waals surface area contributed by atoms with E-state index in [2.05, 4.69) is 0 Å². The molecular weight excluding hydrogens is 240 g/mol. The highest BCUT2D eigenvalue weighted by Crippen LogP contribution is 2.15. The van der Waals surface area contributed by atoms with Crippen molar-refractivity contribution >= 4 is 5.97 Å². The van der Waals surface area contributed by atoms with E-state index in [4.69, 9.17) is 5.11 Å². The summed E-state index contributed by atoms with van der Waals surface area (Å²) in [6.45, 7) is 4.39. The first-order valence-electron chi connectivity index (χ1n) is 5.83. The van der Waals surface area contributed by atoms with Crippen LogP contribution in [0.4, 0.5) is 8.78 Å². The van der Waals surface area contributed by atoms with Crippen molar-refractivity contribution in [2.45, 2.75) is 32.9 Å². The first kappa shape index (κ1) is 14.6. The number of benzene rings is 1. The first-order chi connectivity index (χ1) is 8.43. The smallest absolute Gasteiger partial charge is 0.304 e. The summed E-state index contributed by atoms with van der Waals surface area (Å²) < 4.78 is 26.5. The topological polar surface area (TPSA) is 40.5 Å². The van der Waals surface area contributed by atoms with Gasteiger partial charge in [-0.2, -0.15) is 0 Å².